The number of ether oxygens (including phenoxy) is 4. The van der Waals surface area contributed by atoms with Gasteiger partial charge in [0, 0.05) is 98.1 Å². The highest BCUT2D eigenvalue weighted by atomic mass is 19.1. The summed E-state index contributed by atoms with van der Waals surface area (Å²) in [7, 11) is 1.41. The lowest BCUT2D eigenvalue weighted by Gasteiger charge is -2.38. The summed E-state index contributed by atoms with van der Waals surface area (Å²) in [5, 5.41) is 40.8. The van der Waals surface area contributed by atoms with Gasteiger partial charge in [-0.15, -0.1) is 0 Å². The molecule has 9 rings (SSSR count). The summed E-state index contributed by atoms with van der Waals surface area (Å²) in [5.41, 5.74) is -1.12. The van der Waals surface area contributed by atoms with Crippen LogP contribution in [0.2, 0.25) is 0 Å². The molecule has 5 N–H and O–H groups in total. The highest BCUT2D eigenvalue weighted by molar-refractivity contribution is 6.32. The lowest BCUT2D eigenvalue weighted by atomic mass is 9.78. The minimum Gasteiger partial charge on any atom is -0.507 e. The van der Waals surface area contributed by atoms with Gasteiger partial charge in [0.2, 0.25) is 11.6 Å². The number of phenolic OH excluding ortho intramolecular Hbond substituents is 1. The number of Topliss-reactive ketones (excluding diaryl/α,β-unsaturated/α-hetero) is 3. The van der Waals surface area contributed by atoms with E-state index in [0.29, 0.717) is 24.0 Å². The first-order valence-electron chi connectivity index (χ1n) is 24.4. The highest BCUT2D eigenvalue weighted by Crippen LogP contribution is 2.49. The number of hydrogen-bond donors (Lipinski definition) is 5. The number of phenols is 1. The molecule has 3 aromatic rings. The molecule has 18 heteroatoms. The van der Waals surface area contributed by atoms with Gasteiger partial charge in [0.15, 0.2) is 5.43 Å². The highest BCUT2D eigenvalue weighted by Gasteiger charge is 2.53. The molecule has 17 nitrogen and oxygen atoms in total. The van der Waals surface area contributed by atoms with Crippen molar-refractivity contribution in [2.45, 2.75) is 124 Å². The van der Waals surface area contributed by atoms with Gasteiger partial charge in [0.05, 0.1) is 52.5 Å². The fourth-order valence-corrected chi connectivity index (χ4v) is 10.5. The zero-order valence-electron chi connectivity index (χ0n) is 42.1. The number of aromatic nitrogens is 1. The van der Waals surface area contributed by atoms with E-state index in [2.05, 4.69) is 10.6 Å². The van der Waals surface area contributed by atoms with Crippen molar-refractivity contribution in [2.75, 3.05) is 25.1 Å². The Morgan fingerprint density at radius 2 is 1.64 bits per heavy atom. The van der Waals surface area contributed by atoms with Gasteiger partial charge in [-0.25, -0.2) is 4.39 Å². The molecule has 0 spiro atoms. The number of nitrogens with one attached hydrogen (secondary N) is 2. The zero-order chi connectivity index (χ0) is 52.4. The third-order valence-corrected chi connectivity index (χ3v) is 15.1. The number of aromatic hydroxyl groups is 1. The van der Waals surface area contributed by atoms with Crippen molar-refractivity contribution in [3.8, 4) is 11.5 Å². The van der Waals surface area contributed by atoms with Crippen LogP contribution in [0, 0.1) is 43.3 Å². The molecular weight excluding hydrogens is 932 g/mol. The Morgan fingerprint density at radius 1 is 0.931 bits per heavy atom. The van der Waals surface area contributed by atoms with E-state index >= 15 is 9.18 Å². The number of allylic oxidation sites excluding steroid dienone is 4. The molecule has 2 fully saturated rings. The molecule has 1 saturated heterocycles. The second-order valence-electron chi connectivity index (χ2n) is 20.2. The molecule has 1 aromatic heterocycles. The average molecular weight is 995 g/mol. The van der Waals surface area contributed by atoms with Gasteiger partial charge in [-0.2, -0.15) is 0 Å². The first kappa shape index (κ1) is 51.7. The third-order valence-electron chi connectivity index (χ3n) is 15.1. The van der Waals surface area contributed by atoms with E-state index in [1.807, 2.05) is 4.57 Å². The number of pyridine rings is 1. The normalized spacial score (nSPS) is 30.9. The number of methoxy groups -OCH3 is 1. The number of ketones is 3. The maximum absolute atomic E-state index is 16.1. The molecule has 1 amide bonds. The van der Waals surface area contributed by atoms with E-state index in [0.717, 1.165) is 19.1 Å². The van der Waals surface area contributed by atoms with E-state index in [1.165, 1.54) is 59.1 Å². The predicted molar refractivity (Wildman–Crippen MR) is 263 cm³/mol. The minimum absolute atomic E-state index is 0.0554. The number of benzene rings is 2. The smallest absolute Gasteiger partial charge is 0.312 e. The van der Waals surface area contributed by atoms with Crippen molar-refractivity contribution >= 4 is 45.8 Å². The Bertz CT molecular complexity index is 2970. The van der Waals surface area contributed by atoms with Crippen LogP contribution >= 0.6 is 0 Å². The summed E-state index contributed by atoms with van der Waals surface area (Å²) in [6.07, 6.45) is 7.11. The number of carbonyl (C=O) groups is 5. The topological polar surface area (TPSA) is 232 Å². The second kappa shape index (κ2) is 19.8. The summed E-state index contributed by atoms with van der Waals surface area (Å²) in [6.45, 7) is 14.3. The average Bonchev–Trinajstić information content (AvgIpc) is 4.03. The van der Waals surface area contributed by atoms with Crippen LogP contribution in [0.3, 0.4) is 0 Å². The third kappa shape index (κ3) is 9.24. The monoisotopic (exact) mass is 994 g/mol. The van der Waals surface area contributed by atoms with Crippen molar-refractivity contribution in [1.29, 1.82) is 0 Å². The number of anilines is 1. The fourth-order valence-electron chi connectivity index (χ4n) is 10.5. The first-order valence-corrected chi connectivity index (χ1v) is 24.4. The van der Waals surface area contributed by atoms with Crippen molar-refractivity contribution in [1.82, 2.24) is 15.2 Å². The number of rotatable bonds is 6. The number of amides is 1. The van der Waals surface area contributed by atoms with Crippen molar-refractivity contribution in [3.05, 3.63) is 110 Å². The summed E-state index contributed by atoms with van der Waals surface area (Å²) in [5.74, 6) is -10.5. The number of aryl methyl sites for hydroxylation is 1. The Balaban J connectivity index is 1.20. The maximum Gasteiger partial charge on any atom is 0.312 e. The van der Waals surface area contributed by atoms with E-state index in [1.54, 1.807) is 57.9 Å². The van der Waals surface area contributed by atoms with Crippen molar-refractivity contribution in [2.24, 2.45) is 23.7 Å². The van der Waals surface area contributed by atoms with Crippen LogP contribution in [0.5, 0.6) is 11.5 Å². The fraction of sp³-hybridized carbons (Fsp3) is 0.481. The number of esters is 1. The van der Waals surface area contributed by atoms with E-state index in [9.17, 15) is 39.3 Å². The summed E-state index contributed by atoms with van der Waals surface area (Å²) in [4.78, 5) is 86.1. The Labute approximate surface area is 416 Å². The first-order chi connectivity index (χ1) is 34.0. The molecule has 4 aliphatic heterocycles. The van der Waals surface area contributed by atoms with E-state index < -0.39 is 118 Å². The number of carbonyl (C=O) groups excluding carboxylic acids is 5. The van der Waals surface area contributed by atoms with Gasteiger partial charge >= 0.3 is 11.8 Å². The maximum atomic E-state index is 16.1. The molecule has 10 atom stereocenters. The van der Waals surface area contributed by atoms with Crippen LogP contribution in [-0.2, 0) is 23.8 Å². The molecule has 0 unspecified atom stereocenters. The standard InChI is InChI=1S/C54H63FN4O13/c1-24-12-11-13-25(2)53(68)57-43-42(56-32-16-18-58(23-32)37-21-36-34(20-35(37)55)45(62)26(3)22-59(36)33-14-15-33)48(65)39-40(49(43)66)47(64)30(7)51-41(39)52(67)54(9,72-51)70-19-17-38(69-10)27(4)50(71-31(8)60)29(6)46(63)28(5)44(24)61/h11-13,17,19-22,24,27-29,32-33,38,44,46,50,56,61,63-64H,14-16,18,23H2,1-10H3,(H,57,68)/b12-11+,19-17+,25-13-/t24-,27+,28+,29+,32-,38-,44-,46+,50+,54-/m0/s1. The van der Waals surface area contributed by atoms with E-state index in [4.69, 9.17) is 18.9 Å². The zero-order valence-corrected chi connectivity index (χ0v) is 42.1. The Morgan fingerprint density at radius 3 is 2.31 bits per heavy atom. The van der Waals surface area contributed by atoms with Gasteiger partial charge in [-0.3, -0.25) is 28.8 Å². The van der Waals surface area contributed by atoms with Crippen LogP contribution in [0.1, 0.15) is 116 Å². The van der Waals surface area contributed by atoms with Gasteiger partial charge in [-0.1, -0.05) is 45.9 Å². The number of aliphatic hydroxyl groups excluding tert-OH is 2. The molecular formula is C54H63FN4O13. The molecule has 72 heavy (non-hydrogen) atoms. The second-order valence-corrected chi connectivity index (χ2v) is 20.2. The van der Waals surface area contributed by atoms with Crippen molar-refractivity contribution < 1.29 is 62.6 Å². The van der Waals surface area contributed by atoms with Crippen LogP contribution in [-0.4, -0.2) is 106 Å². The molecule has 1 saturated carbocycles. The van der Waals surface area contributed by atoms with Crippen LogP contribution in [0.4, 0.5) is 10.1 Å². The molecule has 0 radical (unpaired) electrons. The Kier molecular flexibility index (Phi) is 14.2. The quantitative estimate of drug-likeness (QED) is 0.180. The lowest BCUT2D eigenvalue weighted by Crippen LogP contribution is -2.46. The lowest BCUT2D eigenvalue weighted by molar-refractivity contribution is -0.160. The number of hydrogen-bond acceptors (Lipinski definition) is 15. The minimum atomic E-state index is -2.16. The van der Waals surface area contributed by atoms with Gasteiger partial charge in [0.1, 0.15) is 34.8 Å². The number of fused-ring (bicyclic) bond motifs is 15. The van der Waals surface area contributed by atoms with Gasteiger partial charge in [-0.05, 0) is 58.2 Å². The van der Waals surface area contributed by atoms with Gasteiger partial charge in [0.25, 0.3) is 11.7 Å². The number of halogens is 1. The number of aliphatic hydroxyl groups is 2. The summed E-state index contributed by atoms with van der Waals surface area (Å²) < 4.78 is 41.8. The van der Waals surface area contributed by atoms with Crippen LogP contribution in [0.15, 0.2) is 70.7 Å². The number of nitrogens with zero attached hydrogens (tertiary/aromatic N) is 2. The van der Waals surface area contributed by atoms with E-state index in [-0.39, 0.29) is 57.2 Å². The summed E-state index contributed by atoms with van der Waals surface area (Å²) >= 11 is 0. The van der Waals surface area contributed by atoms with Gasteiger partial charge < -0.3 is 54.4 Å². The molecule has 2 aromatic carbocycles. The van der Waals surface area contributed by atoms with Crippen LogP contribution < -0.4 is 25.7 Å². The molecule has 5 bridgehead atoms. The predicted octanol–water partition coefficient (Wildman–Crippen LogP) is 5.92. The van der Waals surface area contributed by atoms with Crippen molar-refractivity contribution in [3.63, 3.8) is 0 Å². The molecule has 384 valence electrons. The summed E-state index contributed by atoms with van der Waals surface area (Å²) in [6, 6.07) is 2.47. The SMILES string of the molecule is CO[C@H]1/C=C/O[C@@]2(C)Oc3c(C)c(O)c4c(c3C2=O)C(=O)C(N[C@H]2CCN(c3cc5c(cc3F)c(=O)c(C)cn5C3CC3)C2)=C(NC(=O)/C(C)=C\C=C\[C@H](C)[C@H](O)[C@@H](C)[C@@H](O)[C@@H](C)[C@H](OC(C)=O)[C@@H]1C)C4=O. The molecule has 6 aliphatic rings. The molecule has 2 aliphatic carbocycles. The van der Waals surface area contributed by atoms with Crippen LogP contribution in [0.25, 0.3) is 10.9 Å². The largest absolute Gasteiger partial charge is 0.507 e. The molecule has 5 heterocycles. The Hall–Kier alpha value is -6.63.